The van der Waals surface area contributed by atoms with Crippen molar-refractivity contribution in [3.63, 3.8) is 0 Å². The van der Waals surface area contributed by atoms with Gasteiger partial charge in [-0.05, 0) is 50.1 Å². The zero-order chi connectivity index (χ0) is 27.8. The zero-order valence-corrected chi connectivity index (χ0v) is 23.3. The number of nitro benzene ring substituents is 1. The van der Waals surface area contributed by atoms with E-state index < -0.39 is 4.92 Å². The van der Waals surface area contributed by atoms with Gasteiger partial charge in [-0.15, -0.1) is 0 Å². The maximum absolute atomic E-state index is 12.0. The number of nitriles is 1. The number of anilines is 4. The topological polar surface area (TPSA) is 132 Å². The number of benzene rings is 1. The summed E-state index contributed by atoms with van der Waals surface area (Å²) in [7, 11) is 7.24. The zero-order valence-electron chi connectivity index (χ0n) is 23.3. The van der Waals surface area contributed by atoms with E-state index in [1.165, 1.54) is 25.8 Å². The van der Waals surface area contributed by atoms with Crippen LogP contribution >= 0.6 is 0 Å². The Morgan fingerprint density at radius 3 is 2.53 bits per heavy atom. The fourth-order valence-corrected chi connectivity index (χ4v) is 6.47. The smallest absolute Gasteiger partial charge is 0.294 e. The van der Waals surface area contributed by atoms with Crippen molar-refractivity contribution >= 4 is 28.8 Å². The minimum Gasteiger partial charge on any atom is -0.494 e. The van der Waals surface area contributed by atoms with Crippen LogP contribution in [0.15, 0.2) is 18.3 Å². The van der Waals surface area contributed by atoms with Gasteiger partial charge in [0.2, 0.25) is 5.95 Å². The number of hydrogen-bond acceptors (Lipinski definition) is 10. The Bertz CT molecular complexity index is 1240. The largest absolute Gasteiger partial charge is 0.494 e. The van der Waals surface area contributed by atoms with Gasteiger partial charge in [0.1, 0.15) is 28.9 Å². The first-order chi connectivity index (χ1) is 18.0. The second-order valence-corrected chi connectivity index (χ2v) is 11.4. The van der Waals surface area contributed by atoms with Gasteiger partial charge >= 0.3 is 0 Å². The lowest BCUT2D eigenvalue weighted by molar-refractivity contribution is -0.384. The Balaban J connectivity index is 1.63. The number of hydrogen-bond donors (Lipinski definition) is 2. The molecule has 1 aromatic heterocycles. The Hall–Kier alpha value is -3.65. The predicted molar refractivity (Wildman–Crippen MR) is 148 cm³/mol. The fourth-order valence-electron chi connectivity index (χ4n) is 6.47. The van der Waals surface area contributed by atoms with Crippen LogP contribution in [0.25, 0.3) is 0 Å². The van der Waals surface area contributed by atoms with Crippen LogP contribution in [0.3, 0.4) is 0 Å². The molecule has 4 rings (SSSR count). The van der Waals surface area contributed by atoms with Crippen molar-refractivity contribution in [2.24, 2.45) is 23.2 Å². The number of ether oxygens (including phenoxy) is 1. The standard InChI is InChI=1S/C27H38N8O3/c1-16-18-8-9-19(27(18,2)3)24(16)31-25-17(14-28)15-29-26(32-25)30-20-12-22(35(36)37)21(13-23(20)38-7)34(6)11-10-33(4)5/h12-13,15-16,18-19,24H,8-11H2,1-7H3,(H2,29,30,31,32). The Morgan fingerprint density at radius 2 is 1.95 bits per heavy atom. The number of likely N-dealkylation sites (N-methyl/N-ethyl adjacent to an activating group) is 2. The summed E-state index contributed by atoms with van der Waals surface area (Å²) in [4.78, 5) is 24.3. The van der Waals surface area contributed by atoms with Gasteiger partial charge in [0.05, 0.1) is 23.9 Å². The number of aromatic nitrogens is 2. The molecule has 2 aliphatic carbocycles. The van der Waals surface area contributed by atoms with Gasteiger partial charge in [0, 0.05) is 38.3 Å². The summed E-state index contributed by atoms with van der Waals surface area (Å²) in [5.41, 5.74) is 1.37. The molecule has 4 unspecified atom stereocenters. The number of nitrogens with one attached hydrogen (secondary N) is 2. The molecule has 0 amide bonds. The molecule has 11 nitrogen and oxygen atoms in total. The van der Waals surface area contributed by atoms with E-state index in [9.17, 15) is 15.4 Å². The van der Waals surface area contributed by atoms with E-state index in [0.29, 0.717) is 52.8 Å². The van der Waals surface area contributed by atoms with E-state index in [2.05, 4.69) is 47.4 Å². The van der Waals surface area contributed by atoms with E-state index >= 15 is 0 Å². The van der Waals surface area contributed by atoms with Crippen LogP contribution in [0.2, 0.25) is 0 Å². The average Bonchev–Trinajstić information content (AvgIpc) is 3.27. The molecule has 2 fully saturated rings. The first kappa shape index (κ1) is 27.4. The van der Waals surface area contributed by atoms with Crippen LogP contribution < -0.4 is 20.3 Å². The van der Waals surface area contributed by atoms with Gasteiger partial charge in [-0.25, -0.2) is 4.98 Å². The summed E-state index contributed by atoms with van der Waals surface area (Å²) in [5, 5.41) is 28.3. The first-order valence-corrected chi connectivity index (χ1v) is 13.0. The van der Waals surface area contributed by atoms with E-state index in [4.69, 9.17) is 4.74 Å². The quantitative estimate of drug-likeness (QED) is 0.340. The lowest BCUT2D eigenvalue weighted by atomic mass is 9.80. The highest BCUT2D eigenvalue weighted by molar-refractivity contribution is 5.77. The minimum absolute atomic E-state index is 0.0559. The Kier molecular flexibility index (Phi) is 7.65. The summed E-state index contributed by atoms with van der Waals surface area (Å²) in [6, 6.07) is 5.49. The highest BCUT2D eigenvalue weighted by Crippen LogP contribution is 2.60. The molecule has 2 aromatic rings. The molecule has 2 aliphatic rings. The number of rotatable bonds is 10. The van der Waals surface area contributed by atoms with E-state index in [1.807, 2.05) is 30.9 Å². The van der Waals surface area contributed by atoms with Crippen molar-refractivity contribution in [3.8, 4) is 11.8 Å². The molecule has 204 valence electrons. The van der Waals surface area contributed by atoms with Crippen molar-refractivity contribution in [3.05, 3.63) is 34.0 Å². The molecular formula is C27H38N8O3. The third-order valence-corrected chi connectivity index (χ3v) is 8.58. The molecule has 2 saturated carbocycles. The van der Waals surface area contributed by atoms with Crippen LogP contribution in [0.5, 0.6) is 5.75 Å². The molecule has 0 saturated heterocycles. The SMILES string of the molecule is COc1cc(N(C)CCN(C)C)c([N+](=O)[O-])cc1Nc1ncc(C#N)c(NC2C(C)C3CCC2C3(C)C)n1. The molecular weight excluding hydrogens is 484 g/mol. The van der Waals surface area contributed by atoms with Gasteiger partial charge in [-0.2, -0.15) is 10.2 Å². The van der Waals surface area contributed by atoms with Crippen LogP contribution in [0.1, 0.15) is 39.2 Å². The molecule has 38 heavy (non-hydrogen) atoms. The Morgan fingerprint density at radius 1 is 1.24 bits per heavy atom. The van der Waals surface area contributed by atoms with Gasteiger partial charge in [-0.1, -0.05) is 20.8 Å². The first-order valence-electron chi connectivity index (χ1n) is 13.0. The van der Waals surface area contributed by atoms with Gasteiger partial charge in [0.25, 0.3) is 5.69 Å². The molecule has 11 heteroatoms. The van der Waals surface area contributed by atoms with Gasteiger partial charge in [0.15, 0.2) is 0 Å². The molecule has 1 aromatic carbocycles. The second-order valence-electron chi connectivity index (χ2n) is 11.4. The monoisotopic (exact) mass is 522 g/mol. The molecule has 1 heterocycles. The van der Waals surface area contributed by atoms with Crippen molar-refractivity contribution in [1.82, 2.24) is 14.9 Å². The fraction of sp³-hybridized carbons (Fsp3) is 0.593. The van der Waals surface area contributed by atoms with Crippen LogP contribution in [0, 0.1) is 44.6 Å². The van der Waals surface area contributed by atoms with Gasteiger partial charge < -0.3 is 25.2 Å². The number of methoxy groups -OCH3 is 1. The molecule has 4 atom stereocenters. The molecule has 2 N–H and O–H groups in total. The van der Waals surface area contributed by atoms with E-state index in [0.717, 1.165) is 13.0 Å². The lowest BCUT2D eigenvalue weighted by Gasteiger charge is -2.30. The van der Waals surface area contributed by atoms with Crippen LogP contribution in [-0.2, 0) is 0 Å². The average molecular weight is 523 g/mol. The minimum atomic E-state index is -0.406. The molecule has 2 bridgehead atoms. The van der Waals surface area contributed by atoms with Crippen molar-refractivity contribution in [2.75, 3.05) is 56.9 Å². The summed E-state index contributed by atoms with van der Waals surface area (Å²) in [6.45, 7) is 8.30. The summed E-state index contributed by atoms with van der Waals surface area (Å²) in [6.07, 6.45) is 3.87. The van der Waals surface area contributed by atoms with E-state index in [1.54, 1.807) is 6.07 Å². The molecule has 0 radical (unpaired) electrons. The number of fused-ring (bicyclic) bond motifs is 2. The third kappa shape index (κ3) is 5.05. The molecule has 0 spiro atoms. The maximum atomic E-state index is 12.0. The van der Waals surface area contributed by atoms with Crippen LogP contribution in [-0.4, -0.2) is 67.2 Å². The lowest BCUT2D eigenvalue weighted by Crippen LogP contribution is -2.34. The second kappa shape index (κ2) is 10.6. The predicted octanol–water partition coefficient (Wildman–Crippen LogP) is 4.49. The summed E-state index contributed by atoms with van der Waals surface area (Å²) >= 11 is 0. The highest BCUT2D eigenvalue weighted by Gasteiger charge is 2.57. The maximum Gasteiger partial charge on any atom is 0.294 e. The van der Waals surface area contributed by atoms with E-state index in [-0.39, 0.29) is 23.1 Å². The third-order valence-electron chi connectivity index (χ3n) is 8.58. The normalized spacial score (nSPS) is 23.2. The Labute approximate surface area is 224 Å². The number of nitro groups is 1. The van der Waals surface area contributed by atoms with Crippen LogP contribution in [0.4, 0.5) is 28.8 Å². The van der Waals surface area contributed by atoms with Gasteiger partial charge in [-0.3, -0.25) is 10.1 Å². The van der Waals surface area contributed by atoms with Crippen molar-refractivity contribution in [1.29, 1.82) is 5.26 Å². The highest BCUT2D eigenvalue weighted by atomic mass is 16.6. The summed E-state index contributed by atoms with van der Waals surface area (Å²) in [5.74, 6) is 2.71. The number of nitrogens with zero attached hydrogens (tertiary/aromatic N) is 6. The molecule has 0 aliphatic heterocycles. The van der Waals surface area contributed by atoms with Crippen molar-refractivity contribution in [2.45, 2.75) is 39.7 Å². The van der Waals surface area contributed by atoms with Crippen molar-refractivity contribution < 1.29 is 9.66 Å². The summed E-state index contributed by atoms with van der Waals surface area (Å²) < 4.78 is 5.58.